The van der Waals surface area contributed by atoms with Crippen molar-refractivity contribution in [3.05, 3.63) is 58.0 Å². The second-order valence-electron chi connectivity index (χ2n) is 3.64. The van der Waals surface area contributed by atoms with E-state index in [4.69, 9.17) is 4.42 Å². The summed E-state index contributed by atoms with van der Waals surface area (Å²) < 4.78 is 5.37. The number of aryl methyl sites for hydroxylation is 1. The normalized spacial score (nSPS) is 10.2. The van der Waals surface area contributed by atoms with Gasteiger partial charge in [-0.05, 0) is 25.1 Å². The summed E-state index contributed by atoms with van der Waals surface area (Å²) in [5.41, 5.74) is 0.558. The first-order valence-electron chi connectivity index (χ1n) is 5.19. The maximum Gasteiger partial charge on any atom is 0.292 e. The van der Waals surface area contributed by atoms with Crippen LogP contribution in [0.1, 0.15) is 11.5 Å². The minimum absolute atomic E-state index is 0.0655. The van der Waals surface area contributed by atoms with E-state index in [-0.39, 0.29) is 5.69 Å². The molecule has 0 aliphatic heterocycles. The van der Waals surface area contributed by atoms with Gasteiger partial charge in [0.1, 0.15) is 17.2 Å². The van der Waals surface area contributed by atoms with Gasteiger partial charge in [-0.3, -0.25) is 10.1 Å². The molecule has 1 heterocycles. The Kier molecular flexibility index (Phi) is 3.09. The summed E-state index contributed by atoms with van der Waals surface area (Å²) in [6.45, 7) is 2.28. The van der Waals surface area contributed by atoms with Gasteiger partial charge in [0.05, 0.1) is 11.5 Å². The summed E-state index contributed by atoms with van der Waals surface area (Å²) in [6, 6.07) is 10.2. The second-order valence-corrected chi connectivity index (χ2v) is 3.64. The van der Waals surface area contributed by atoms with Gasteiger partial charge in [0.15, 0.2) is 0 Å². The molecule has 0 aliphatic rings. The van der Waals surface area contributed by atoms with Crippen LogP contribution in [-0.2, 0) is 6.54 Å². The van der Waals surface area contributed by atoms with Crippen molar-refractivity contribution in [3.8, 4) is 0 Å². The Bertz CT molecular complexity index is 534. The van der Waals surface area contributed by atoms with Gasteiger partial charge >= 0.3 is 0 Å². The molecule has 2 aromatic rings. The summed E-state index contributed by atoms with van der Waals surface area (Å²) in [7, 11) is 0. The average molecular weight is 232 g/mol. The molecule has 1 aromatic heterocycles. The van der Waals surface area contributed by atoms with Gasteiger partial charge in [0, 0.05) is 6.07 Å². The molecule has 17 heavy (non-hydrogen) atoms. The molecule has 1 aromatic carbocycles. The standard InChI is InChI=1S/C12H12N2O3/c1-9-6-7-10(17-9)8-13-11-4-2-3-5-12(11)14(15)16/h2-7,13H,8H2,1H3. The smallest absolute Gasteiger partial charge is 0.292 e. The van der Waals surface area contributed by atoms with Crippen LogP contribution in [0, 0.1) is 17.0 Å². The number of rotatable bonds is 4. The van der Waals surface area contributed by atoms with Crippen molar-refractivity contribution < 1.29 is 9.34 Å². The molecule has 1 N–H and O–H groups in total. The van der Waals surface area contributed by atoms with Crippen LogP contribution in [0.2, 0.25) is 0 Å². The molecular formula is C12H12N2O3. The van der Waals surface area contributed by atoms with Crippen molar-refractivity contribution in [2.45, 2.75) is 13.5 Å². The van der Waals surface area contributed by atoms with Gasteiger partial charge in [-0.15, -0.1) is 0 Å². The number of hydrogen-bond donors (Lipinski definition) is 1. The van der Waals surface area contributed by atoms with Crippen LogP contribution in [0.15, 0.2) is 40.8 Å². The Morgan fingerprint density at radius 1 is 1.29 bits per heavy atom. The van der Waals surface area contributed by atoms with E-state index in [1.807, 2.05) is 19.1 Å². The molecule has 88 valence electrons. The zero-order chi connectivity index (χ0) is 12.3. The van der Waals surface area contributed by atoms with Crippen molar-refractivity contribution in [2.24, 2.45) is 0 Å². The third-order valence-corrected chi connectivity index (χ3v) is 2.35. The molecule has 0 spiro atoms. The first-order chi connectivity index (χ1) is 8.16. The summed E-state index contributed by atoms with van der Waals surface area (Å²) >= 11 is 0. The Balaban J connectivity index is 2.11. The quantitative estimate of drug-likeness (QED) is 0.649. The van der Waals surface area contributed by atoms with Gasteiger partial charge in [-0.25, -0.2) is 0 Å². The number of nitrogens with zero attached hydrogens (tertiary/aromatic N) is 1. The third-order valence-electron chi connectivity index (χ3n) is 2.35. The lowest BCUT2D eigenvalue weighted by Gasteiger charge is -2.04. The molecule has 0 fully saturated rings. The van der Waals surface area contributed by atoms with Gasteiger partial charge in [0.25, 0.3) is 5.69 Å². The predicted molar refractivity (Wildman–Crippen MR) is 63.9 cm³/mol. The largest absolute Gasteiger partial charge is 0.465 e. The van der Waals surface area contributed by atoms with E-state index < -0.39 is 4.92 Å². The Labute approximate surface area is 98.2 Å². The number of hydrogen-bond acceptors (Lipinski definition) is 4. The Hall–Kier alpha value is -2.30. The lowest BCUT2D eigenvalue weighted by molar-refractivity contribution is -0.384. The fraction of sp³-hybridized carbons (Fsp3) is 0.167. The van der Waals surface area contributed by atoms with Gasteiger partial charge in [-0.1, -0.05) is 12.1 Å². The van der Waals surface area contributed by atoms with Crippen molar-refractivity contribution in [1.29, 1.82) is 0 Å². The molecule has 0 bridgehead atoms. The van der Waals surface area contributed by atoms with Crippen molar-refractivity contribution in [2.75, 3.05) is 5.32 Å². The van der Waals surface area contributed by atoms with Gasteiger partial charge in [0.2, 0.25) is 0 Å². The van der Waals surface area contributed by atoms with Crippen LogP contribution < -0.4 is 5.32 Å². The lowest BCUT2D eigenvalue weighted by atomic mass is 10.2. The Morgan fingerprint density at radius 2 is 2.06 bits per heavy atom. The van der Waals surface area contributed by atoms with Crippen LogP contribution in [0.5, 0.6) is 0 Å². The van der Waals surface area contributed by atoms with Gasteiger partial charge < -0.3 is 9.73 Å². The van der Waals surface area contributed by atoms with E-state index in [1.54, 1.807) is 18.2 Å². The van der Waals surface area contributed by atoms with E-state index in [2.05, 4.69) is 5.32 Å². The molecule has 0 saturated carbocycles. The number of benzene rings is 1. The molecule has 0 saturated heterocycles. The van der Waals surface area contributed by atoms with E-state index in [1.165, 1.54) is 6.07 Å². The number of nitrogens with one attached hydrogen (secondary N) is 1. The summed E-state index contributed by atoms with van der Waals surface area (Å²) in [4.78, 5) is 10.4. The van der Waals surface area contributed by atoms with E-state index in [9.17, 15) is 10.1 Å². The predicted octanol–water partition coefficient (Wildman–Crippen LogP) is 3.11. The van der Waals surface area contributed by atoms with Crippen LogP contribution in [-0.4, -0.2) is 4.92 Å². The molecule has 0 atom stereocenters. The fourth-order valence-electron chi connectivity index (χ4n) is 1.54. The molecule has 0 unspecified atom stereocenters. The molecular weight excluding hydrogens is 220 g/mol. The maximum absolute atomic E-state index is 10.8. The third kappa shape index (κ3) is 2.63. The van der Waals surface area contributed by atoms with Crippen LogP contribution in [0.3, 0.4) is 0 Å². The van der Waals surface area contributed by atoms with Crippen molar-refractivity contribution in [3.63, 3.8) is 0 Å². The molecule has 0 radical (unpaired) electrons. The second kappa shape index (κ2) is 4.69. The van der Waals surface area contributed by atoms with E-state index in [0.717, 1.165) is 11.5 Å². The minimum Gasteiger partial charge on any atom is -0.465 e. The number of nitro benzene ring substituents is 1. The van der Waals surface area contributed by atoms with Crippen LogP contribution in [0.4, 0.5) is 11.4 Å². The van der Waals surface area contributed by atoms with Gasteiger partial charge in [-0.2, -0.15) is 0 Å². The molecule has 0 amide bonds. The highest BCUT2D eigenvalue weighted by Crippen LogP contribution is 2.23. The highest BCUT2D eigenvalue weighted by molar-refractivity contribution is 5.61. The maximum atomic E-state index is 10.8. The average Bonchev–Trinajstić information content (AvgIpc) is 2.73. The first kappa shape index (κ1) is 11.2. The zero-order valence-electron chi connectivity index (χ0n) is 9.34. The molecule has 0 aliphatic carbocycles. The number of furan rings is 1. The number of nitro groups is 1. The summed E-state index contributed by atoms with van der Waals surface area (Å²) in [5, 5.41) is 13.8. The molecule has 2 rings (SSSR count). The summed E-state index contributed by atoms with van der Waals surface area (Å²) in [6.07, 6.45) is 0. The Morgan fingerprint density at radius 3 is 2.71 bits per heavy atom. The number of para-hydroxylation sites is 2. The van der Waals surface area contributed by atoms with Crippen LogP contribution in [0.25, 0.3) is 0 Å². The first-order valence-corrected chi connectivity index (χ1v) is 5.19. The minimum atomic E-state index is -0.407. The van der Waals surface area contributed by atoms with E-state index in [0.29, 0.717) is 12.2 Å². The zero-order valence-corrected chi connectivity index (χ0v) is 9.34. The molecule has 5 nitrogen and oxygen atoms in total. The topological polar surface area (TPSA) is 68.3 Å². The van der Waals surface area contributed by atoms with Crippen molar-refractivity contribution >= 4 is 11.4 Å². The van der Waals surface area contributed by atoms with E-state index >= 15 is 0 Å². The number of anilines is 1. The molecule has 5 heteroatoms. The van der Waals surface area contributed by atoms with Crippen LogP contribution >= 0.6 is 0 Å². The monoisotopic (exact) mass is 232 g/mol. The fourth-order valence-corrected chi connectivity index (χ4v) is 1.54. The van der Waals surface area contributed by atoms with Crippen molar-refractivity contribution in [1.82, 2.24) is 0 Å². The SMILES string of the molecule is Cc1ccc(CNc2ccccc2[N+](=O)[O-])o1. The highest BCUT2D eigenvalue weighted by Gasteiger charge is 2.11. The highest BCUT2D eigenvalue weighted by atomic mass is 16.6. The lowest BCUT2D eigenvalue weighted by Crippen LogP contribution is -2.01. The summed E-state index contributed by atoms with van der Waals surface area (Å²) in [5.74, 6) is 1.57.